The molecule has 1 saturated heterocycles. The predicted octanol–water partition coefficient (Wildman–Crippen LogP) is 4.32. The molecule has 0 saturated carbocycles. The Bertz CT molecular complexity index is 452. The monoisotopic (exact) mass is 317 g/mol. The highest BCUT2D eigenvalue weighted by molar-refractivity contribution is 5.76. The molecule has 1 N–H and O–H groups in total. The maximum absolute atomic E-state index is 12.2. The summed E-state index contributed by atoms with van der Waals surface area (Å²) >= 11 is 0. The first-order valence-corrected chi connectivity index (χ1v) is 9.23. The van der Waals surface area contributed by atoms with Gasteiger partial charge in [-0.15, -0.1) is 0 Å². The van der Waals surface area contributed by atoms with E-state index < -0.39 is 6.10 Å². The molecule has 128 valence electrons. The van der Waals surface area contributed by atoms with Gasteiger partial charge in [-0.25, -0.2) is 0 Å². The number of rotatable bonds is 8. The van der Waals surface area contributed by atoms with Gasteiger partial charge in [0.25, 0.3) is 0 Å². The Hall–Kier alpha value is -1.35. The van der Waals surface area contributed by atoms with E-state index in [1.54, 1.807) is 0 Å². The second-order valence-electron chi connectivity index (χ2n) is 6.74. The maximum atomic E-state index is 12.2. The van der Waals surface area contributed by atoms with E-state index in [1.165, 1.54) is 25.7 Å². The molecule has 1 fully saturated rings. The Balaban J connectivity index is 1.70. The number of hydrogen-bond donors (Lipinski definition) is 1. The molecule has 0 aromatic heterocycles. The lowest BCUT2D eigenvalue weighted by Gasteiger charge is -2.34. The van der Waals surface area contributed by atoms with Crippen molar-refractivity contribution < 1.29 is 9.90 Å². The molecule has 1 atom stereocenters. The summed E-state index contributed by atoms with van der Waals surface area (Å²) in [5.41, 5.74) is 0.994. The molecule has 3 nitrogen and oxygen atoms in total. The van der Waals surface area contributed by atoms with Crippen LogP contribution in [0.15, 0.2) is 30.3 Å². The van der Waals surface area contributed by atoms with Crippen LogP contribution in [0.5, 0.6) is 0 Å². The summed E-state index contributed by atoms with van der Waals surface area (Å²) in [6, 6.07) is 9.88. The van der Waals surface area contributed by atoms with Gasteiger partial charge in [0.15, 0.2) is 0 Å². The van der Waals surface area contributed by atoms with Crippen LogP contribution in [0.4, 0.5) is 0 Å². The molecule has 1 aliphatic rings. The number of piperidine rings is 1. The number of unbranched alkanes of at least 4 members (excludes halogenated alkanes) is 4. The largest absolute Gasteiger partial charge is 0.388 e. The lowest BCUT2D eigenvalue weighted by molar-refractivity contribution is -0.133. The first kappa shape index (κ1) is 18.0. The normalized spacial score (nSPS) is 17.2. The molecule has 23 heavy (non-hydrogen) atoms. The Labute approximate surface area is 140 Å². The lowest BCUT2D eigenvalue weighted by Crippen LogP contribution is -2.39. The number of aliphatic hydroxyl groups is 1. The third kappa shape index (κ3) is 5.65. The van der Waals surface area contributed by atoms with E-state index in [9.17, 15) is 9.90 Å². The number of carbonyl (C=O) groups is 1. The van der Waals surface area contributed by atoms with Crippen molar-refractivity contribution in [1.82, 2.24) is 4.90 Å². The highest BCUT2D eigenvalue weighted by Crippen LogP contribution is 2.30. The zero-order valence-electron chi connectivity index (χ0n) is 14.4. The summed E-state index contributed by atoms with van der Waals surface area (Å²) in [4.78, 5) is 14.2. The van der Waals surface area contributed by atoms with Crippen molar-refractivity contribution in [1.29, 1.82) is 0 Å². The molecule has 0 bridgehead atoms. The molecule has 0 spiro atoms. The smallest absolute Gasteiger partial charge is 0.222 e. The van der Waals surface area contributed by atoms with Gasteiger partial charge in [0.1, 0.15) is 0 Å². The van der Waals surface area contributed by atoms with Gasteiger partial charge in [0, 0.05) is 19.5 Å². The van der Waals surface area contributed by atoms with Crippen LogP contribution in [0.1, 0.15) is 70.0 Å². The SMILES string of the molecule is CCCCCCCC(=O)N1CCC(C(O)c2ccccc2)CC1. The molecule has 1 aliphatic heterocycles. The van der Waals surface area contributed by atoms with E-state index in [0.29, 0.717) is 12.3 Å². The van der Waals surface area contributed by atoms with E-state index in [4.69, 9.17) is 0 Å². The fourth-order valence-electron chi connectivity index (χ4n) is 3.42. The number of hydrogen-bond acceptors (Lipinski definition) is 2. The number of amides is 1. The van der Waals surface area contributed by atoms with Crippen LogP contribution in [-0.2, 0) is 4.79 Å². The number of benzene rings is 1. The van der Waals surface area contributed by atoms with Crippen molar-refractivity contribution >= 4 is 5.91 Å². The molecule has 1 amide bonds. The van der Waals surface area contributed by atoms with Gasteiger partial charge in [-0.05, 0) is 30.7 Å². The van der Waals surface area contributed by atoms with Crippen LogP contribution >= 0.6 is 0 Å². The van der Waals surface area contributed by atoms with Crippen molar-refractivity contribution in [2.24, 2.45) is 5.92 Å². The summed E-state index contributed by atoms with van der Waals surface area (Å²) < 4.78 is 0. The molecular weight excluding hydrogens is 286 g/mol. The number of aliphatic hydroxyl groups excluding tert-OH is 1. The van der Waals surface area contributed by atoms with E-state index >= 15 is 0 Å². The average Bonchev–Trinajstić information content (AvgIpc) is 2.61. The third-order valence-corrected chi connectivity index (χ3v) is 4.97. The average molecular weight is 317 g/mol. The van der Waals surface area contributed by atoms with Crippen molar-refractivity contribution in [2.45, 2.75) is 64.4 Å². The minimum Gasteiger partial charge on any atom is -0.388 e. The highest BCUT2D eigenvalue weighted by Gasteiger charge is 2.27. The van der Waals surface area contributed by atoms with Gasteiger partial charge in [-0.3, -0.25) is 4.79 Å². The standard InChI is InChI=1S/C20H31NO2/c1-2-3-4-5-9-12-19(22)21-15-13-18(14-16-21)20(23)17-10-7-6-8-11-17/h6-8,10-11,18,20,23H,2-5,9,12-16H2,1H3. The van der Waals surface area contributed by atoms with Gasteiger partial charge in [-0.2, -0.15) is 0 Å². The summed E-state index contributed by atoms with van der Waals surface area (Å²) in [6.45, 7) is 3.80. The molecule has 0 radical (unpaired) electrons. The van der Waals surface area contributed by atoms with Crippen molar-refractivity contribution in [3.8, 4) is 0 Å². The summed E-state index contributed by atoms with van der Waals surface area (Å²) in [5.74, 6) is 0.570. The summed E-state index contributed by atoms with van der Waals surface area (Å²) in [5, 5.41) is 10.5. The van der Waals surface area contributed by atoms with Crippen LogP contribution in [0.25, 0.3) is 0 Å². The van der Waals surface area contributed by atoms with Crippen molar-refractivity contribution in [2.75, 3.05) is 13.1 Å². The van der Waals surface area contributed by atoms with Crippen molar-refractivity contribution in [3.63, 3.8) is 0 Å². The Morgan fingerprint density at radius 1 is 1.13 bits per heavy atom. The molecule has 0 aliphatic carbocycles. The fourth-order valence-corrected chi connectivity index (χ4v) is 3.42. The molecule has 3 heteroatoms. The van der Waals surface area contributed by atoms with Crippen LogP contribution < -0.4 is 0 Å². The van der Waals surface area contributed by atoms with E-state index in [0.717, 1.165) is 37.9 Å². The van der Waals surface area contributed by atoms with Crippen LogP contribution in [0, 0.1) is 5.92 Å². The Morgan fingerprint density at radius 2 is 1.78 bits per heavy atom. The second-order valence-corrected chi connectivity index (χ2v) is 6.74. The molecular formula is C20H31NO2. The Morgan fingerprint density at radius 3 is 2.43 bits per heavy atom. The lowest BCUT2D eigenvalue weighted by atomic mass is 9.87. The summed E-state index contributed by atoms with van der Waals surface area (Å²) in [6.07, 6.45) is 8.04. The summed E-state index contributed by atoms with van der Waals surface area (Å²) in [7, 11) is 0. The zero-order chi connectivity index (χ0) is 16.5. The first-order chi connectivity index (χ1) is 11.2. The van der Waals surface area contributed by atoms with Crippen LogP contribution in [-0.4, -0.2) is 29.0 Å². The number of carbonyl (C=O) groups excluding carboxylic acids is 1. The Kier molecular flexibility index (Phi) is 7.60. The number of likely N-dealkylation sites (tertiary alicyclic amines) is 1. The minimum atomic E-state index is -0.400. The molecule has 1 aromatic carbocycles. The van der Waals surface area contributed by atoms with Gasteiger partial charge in [0.05, 0.1) is 6.10 Å². The van der Waals surface area contributed by atoms with E-state index in [-0.39, 0.29) is 5.92 Å². The van der Waals surface area contributed by atoms with Gasteiger partial charge in [0.2, 0.25) is 5.91 Å². The van der Waals surface area contributed by atoms with Crippen LogP contribution in [0.3, 0.4) is 0 Å². The predicted molar refractivity (Wildman–Crippen MR) is 94.1 cm³/mol. The second kappa shape index (κ2) is 9.71. The fraction of sp³-hybridized carbons (Fsp3) is 0.650. The van der Waals surface area contributed by atoms with Crippen molar-refractivity contribution in [3.05, 3.63) is 35.9 Å². The topological polar surface area (TPSA) is 40.5 Å². The highest BCUT2D eigenvalue weighted by atomic mass is 16.3. The quantitative estimate of drug-likeness (QED) is 0.725. The van der Waals surface area contributed by atoms with E-state index in [2.05, 4.69) is 6.92 Å². The first-order valence-electron chi connectivity index (χ1n) is 9.23. The van der Waals surface area contributed by atoms with Crippen LogP contribution in [0.2, 0.25) is 0 Å². The molecule has 2 rings (SSSR count). The maximum Gasteiger partial charge on any atom is 0.222 e. The third-order valence-electron chi connectivity index (χ3n) is 4.97. The minimum absolute atomic E-state index is 0.269. The molecule has 1 unspecified atom stereocenters. The zero-order valence-corrected chi connectivity index (χ0v) is 14.4. The molecule has 1 aromatic rings. The van der Waals surface area contributed by atoms with E-state index in [1.807, 2.05) is 35.2 Å². The van der Waals surface area contributed by atoms with Gasteiger partial charge < -0.3 is 10.0 Å². The van der Waals surface area contributed by atoms with Gasteiger partial charge >= 0.3 is 0 Å². The number of nitrogens with zero attached hydrogens (tertiary/aromatic N) is 1. The molecule has 1 heterocycles. The van der Waals surface area contributed by atoms with Gasteiger partial charge in [-0.1, -0.05) is 62.9 Å².